The van der Waals surface area contributed by atoms with E-state index in [1.165, 1.54) is 19.2 Å². The maximum atomic E-state index is 13.5. The zero-order valence-corrected chi connectivity index (χ0v) is 12.4. The fourth-order valence-corrected chi connectivity index (χ4v) is 3.35. The number of benzene rings is 1. The molecule has 0 radical (unpaired) electrons. The summed E-state index contributed by atoms with van der Waals surface area (Å²) in [5.74, 6) is -0.768. The molecule has 0 amide bonds. The van der Waals surface area contributed by atoms with Gasteiger partial charge in [0.2, 0.25) is 5.13 Å². The molecule has 0 saturated carbocycles. The van der Waals surface area contributed by atoms with Crippen molar-refractivity contribution in [3.05, 3.63) is 29.0 Å². The third kappa shape index (κ3) is 3.05. The number of rotatable bonds is 5. The van der Waals surface area contributed by atoms with Gasteiger partial charge in [0, 0.05) is 0 Å². The maximum absolute atomic E-state index is 13.5. The minimum Gasteiger partial charge on any atom is -0.494 e. The van der Waals surface area contributed by atoms with Crippen molar-refractivity contribution in [3.8, 4) is 5.75 Å². The molecule has 0 fully saturated rings. The number of nitrogens with zero attached hydrogens (tertiary/aromatic N) is 2. The predicted octanol–water partition coefficient (Wildman–Crippen LogP) is 2.05. The molecular formula is C11H12FN3O3S2. The molecule has 0 atom stereocenters. The molecule has 0 aliphatic carbocycles. The van der Waals surface area contributed by atoms with E-state index in [1.54, 1.807) is 0 Å². The van der Waals surface area contributed by atoms with Crippen molar-refractivity contribution < 1.29 is 17.5 Å². The van der Waals surface area contributed by atoms with E-state index < -0.39 is 15.8 Å². The lowest BCUT2D eigenvalue weighted by atomic mass is 10.3. The lowest BCUT2D eigenvalue weighted by Crippen LogP contribution is -2.13. The highest BCUT2D eigenvalue weighted by Crippen LogP contribution is 2.23. The quantitative estimate of drug-likeness (QED) is 0.913. The number of sulfonamides is 1. The standard InChI is InChI=1S/C11H12FN3O3S2/c1-3-10-13-14-11(19-10)15-20(16,17)7-4-5-9(18-2)8(12)6-7/h4-6H,3H2,1-2H3,(H,14,15). The third-order valence-corrected chi connectivity index (χ3v) is 4.87. The highest BCUT2D eigenvalue weighted by Gasteiger charge is 2.18. The second-order valence-electron chi connectivity index (χ2n) is 3.76. The Morgan fingerprint density at radius 1 is 1.40 bits per heavy atom. The van der Waals surface area contributed by atoms with Gasteiger partial charge in [-0.25, -0.2) is 12.8 Å². The van der Waals surface area contributed by atoms with Crippen LogP contribution in [0.15, 0.2) is 23.1 Å². The molecule has 0 aliphatic heterocycles. The number of anilines is 1. The monoisotopic (exact) mass is 317 g/mol. The summed E-state index contributed by atoms with van der Waals surface area (Å²) in [6, 6.07) is 3.40. The van der Waals surface area contributed by atoms with Gasteiger partial charge in [-0.3, -0.25) is 4.72 Å². The van der Waals surface area contributed by atoms with Crippen molar-refractivity contribution in [2.24, 2.45) is 0 Å². The number of hydrogen-bond acceptors (Lipinski definition) is 6. The molecule has 20 heavy (non-hydrogen) atoms. The van der Waals surface area contributed by atoms with Gasteiger partial charge in [-0.15, -0.1) is 10.2 Å². The first-order chi connectivity index (χ1) is 9.46. The van der Waals surface area contributed by atoms with Gasteiger partial charge < -0.3 is 4.74 Å². The zero-order chi connectivity index (χ0) is 14.8. The second-order valence-corrected chi connectivity index (χ2v) is 6.50. The summed E-state index contributed by atoms with van der Waals surface area (Å²) in [6.07, 6.45) is 0.663. The summed E-state index contributed by atoms with van der Waals surface area (Å²) in [5, 5.41) is 8.38. The lowest BCUT2D eigenvalue weighted by Gasteiger charge is -2.06. The van der Waals surface area contributed by atoms with E-state index in [-0.39, 0.29) is 15.8 Å². The van der Waals surface area contributed by atoms with Gasteiger partial charge in [0.1, 0.15) is 5.01 Å². The van der Waals surface area contributed by atoms with Gasteiger partial charge in [-0.1, -0.05) is 18.3 Å². The van der Waals surface area contributed by atoms with Crippen LogP contribution in [0.1, 0.15) is 11.9 Å². The van der Waals surface area contributed by atoms with Crippen molar-refractivity contribution in [1.82, 2.24) is 10.2 Å². The molecule has 1 heterocycles. The van der Waals surface area contributed by atoms with Crippen molar-refractivity contribution >= 4 is 26.5 Å². The summed E-state index contributed by atoms with van der Waals surface area (Å²) in [7, 11) is -2.59. The van der Waals surface area contributed by atoms with Crippen LogP contribution in [0.2, 0.25) is 0 Å². The molecule has 2 rings (SSSR count). The van der Waals surface area contributed by atoms with E-state index in [0.717, 1.165) is 17.4 Å². The van der Waals surface area contributed by atoms with Crippen LogP contribution in [0.5, 0.6) is 5.75 Å². The molecule has 1 aromatic heterocycles. The summed E-state index contributed by atoms with van der Waals surface area (Å²) in [5.41, 5.74) is 0. The lowest BCUT2D eigenvalue weighted by molar-refractivity contribution is 0.385. The van der Waals surface area contributed by atoms with E-state index in [4.69, 9.17) is 4.74 Å². The maximum Gasteiger partial charge on any atom is 0.263 e. The van der Waals surface area contributed by atoms with Crippen LogP contribution in [0.3, 0.4) is 0 Å². The average molecular weight is 317 g/mol. The smallest absolute Gasteiger partial charge is 0.263 e. The molecule has 0 aliphatic rings. The van der Waals surface area contributed by atoms with E-state index >= 15 is 0 Å². The van der Waals surface area contributed by atoms with Gasteiger partial charge >= 0.3 is 0 Å². The number of hydrogen-bond donors (Lipinski definition) is 1. The summed E-state index contributed by atoms with van der Waals surface area (Å²) >= 11 is 1.14. The van der Waals surface area contributed by atoms with Crippen LogP contribution in [0, 0.1) is 5.82 Å². The van der Waals surface area contributed by atoms with Gasteiger partial charge in [0.05, 0.1) is 12.0 Å². The van der Waals surface area contributed by atoms with E-state index in [0.29, 0.717) is 11.4 Å². The number of halogens is 1. The van der Waals surface area contributed by atoms with Crippen LogP contribution in [-0.4, -0.2) is 25.7 Å². The van der Waals surface area contributed by atoms with Crippen LogP contribution < -0.4 is 9.46 Å². The number of aromatic nitrogens is 2. The molecule has 9 heteroatoms. The first-order valence-corrected chi connectivity index (χ1v) is 7.95. The van der Waals surface area contributed by atoms with Crippen LogP contribution >= 0.6 is 11.3 Å². The molecule has 108 valence electrons. The molecule has 0 unspecified atom stereocenters. The van der Waals surface area contributed by atoms with E-state index in [1.807, 2.05) is 6.92 Å². The SMILES string of the molecule is CCc1nnc(NS(=O)(=O)c2ccc(OC)c(F)c2)s1. The van der Waals surface area contributed by atoms with Crippen molar-refractivity contribution in [3.63, 3.8) is 0 Å². The predicted molar refractivity (Wildman–Crippen MR) is 73.0 cm³/mol. The molecule has 1 N–H and O–H groups in total. The van der Waals surface area contributed by atoms with E-state index in [2.05, 4.69) is 14.9 Å². The highest BCUT2D eigenvalue weighted by atomic mass is 32.2. The first-order valence-electron chi connectivity index (χ1n) is 5.65. The highest BCUT2D eigenvalue weighted by molar-refractivity contribution is 7.93. The van der Waals surface area contributed by atoms with Gasteiger partial charge in [0.15, 0.2) is 11.6 Å². The Hall–Kier alpha value is -1.74. The van der Waals surface area contributed by atoms with Crippen LogP contribution in [-0.2, 0) is 16.4 Å². The Balaban J connectivity index is 2.28. The number of methoxy groups -OCH3 is 1. The second kappa shape index (κ2) is 5.71. The Kier molecular flexibility index (Phi) is 4.19. The summed E-state index contributed by atoms with van der Waals surface area (Å²) in [6.45, 7) is 1.89. The van der Waals surface area contributed by atoms with Gasteiger partial charge in [-0.2, -0.15) is 0 Å². The zero-order valence-electron chi connectivity index (χ0n) is 10.8. The Labute approximate surface area is 119 Å². The Morgan fingerprint density at radius 2 is 2.15 bits per heavy atom. The molecular weight excluding hydrogens is 305 g/mol. The number of aryl methyl sites for hydroxylation is 1. The van der Waals surface area contributed by atoms with E-state index in [9.17, 15) is 12.8 Å². The fraction of sp³-hybridized carbons (Fsp3) is 0.273. The minimum atomic E-state index is -3.89. The largest absolute Gasteiger partial charge is 0.494 e. The summed E-state index contributed by atoms with van der Waals surface area (Å²) < 4.78 is 44.7. The fourth-order valence-electron chi connectivity index (χ4n) is 1.43. The Morgan fingerprint density at radius 3 is 2.70 bits per heavy atom. The topological polar surface area (TPSA) is 81.2 Å². The average Bonchev–Trinajstić information content (AvgIpc) is 2.85. The number of nitrogens with one attached hydrogen (secondary N) is 1. The molecule has 1 aromatic carbocycles. The first kappa shape index (κ1) is 14.7. The molecule has 0 bridgehead atoms. The summed E-state index contributed by atoms with van der Waals surface area (Å²) in [4.78, 5) is -0.205. The molecule has 2 aromatic rings. The molecule has 6 nitrogen and oxygen atoms in total. The van der Waals surface area contributed by atoms with Crippen LogP contribution in [0.4, 0.5) is 9.52 Å². The normalized spacial score (nSPS) is 11.3. The third-order valence-electron chi connectivity index (χ3n) is 2.42. The van der Waals surface area contributed by atoms with Gasteiger partial charge in [-0.05, 0) is 24.6 Å². The van der Waals surface area contributed by atoms with Crippen molar-refractivity contribution in [1.29, 1.82) is 0 Å². The van der Waals surface area contributed by atoms with Crippen molar-refractivity contribution in [2.45, 2.75) is 18.2 Å². The molecule has 0 spiro atoms. The Bertz CT molecular complexity index is 715. The van der Waals surface area contributed by atoms with Crippen molar-refractivity contribution in [2.75, 3.05) is 11.8 Å². The number of ether oxygens (including phenoxy) is 1. The minimum absolute atomic E-state index is 0.0202. The van der Waals surface area contributed by atoms with Crippen LogP contribution in [0.25, 0.3) is 0 Å². The molecule has 0 saturated heterocycles. The van der Waals surface area contributed by atoms with Gasteiger partial charge in [0.25, 0.3) is 10.0 Å².